The predicted octanol–water partition coefficient (Wildman–Crippen LogP) is 2.72. The Kier molecular flexibility index (Phi) is 6.55. The second-order valence-electron chi connectivity index (χ2n) is 10.3. The van der Waals surface area contributed by atoms with Gasteiger partial charge in [0.2, 0.25) is 11.8 Å². The molecule has 0 aromatic carbocycles. The van der Waals surface area contributed by atoms with E-state index in [-0.39, 0.29) is 35.4 Å². The molecule has 2 N–H and O–H groups in total. The lowest BCUT2D eigenvalue weighted by Gasteiger charge is -2.26. The summed E-state index contributed by atoms with van der Waals surface area (Å²) in [6.07, 6.45) is 6.93. The molecule has 2 aromatic heterocycles. The molecule has 34 heavy (non-hydrogen) atoms. The van der Waals surface area contributed by atoms with Gasteiger partial charge in [-0.1, -0.05) is 27.7 Å². The maximum atomic E-state index is 13.2. The van der Waals surface area contributed by atoms with Crippen LogP contribution in [-0.4, -0.2) is 54.6 Å². The molecule has 0 bridgehead atoms. The highest BCUT2D eigenvalue weighted by atomic mass is 16.3. The van der Waals surface area contributed by atoms with E-state index in [0.29, 0.717) is 29.4 Å². The van der Waals surface area contributed by atoms with Crippen LogP contribution in [0.1, 0.15) is 75.0 Å². The monoisotopic (exact) mass is 469 g/mol. The predicted molar refractivity (Wildman–Crippen MR) is 130 cm³/mol. The van der Waals surface area contributed by atoms with Crippen molar-refractivity contribution in [2.24, 2.45) is 11.8 Å². The Morgan fingerprint density at radius 3 is 2.53 bits per heavy atom. The molecule has 1 aliphatic carbocycles. The van der Waals surface area contributed by atoms with Crippen LogP contribution >= 0.6 is 0 Å². The Bertz CT molecular complexity index is 1200. The molecule has 2 fully saturated rings. The van der Waals surface area contributed by atoms with Gasteiger partial charge in [-0.2, -0.15) is 9.61 Å². The topological polar surface area (TPSA) is 109 Å². The highest BCUT2D eigenvalue weighted by molar-refractivity contribution is 5.97. The van der Waals surface area contributed by atoms with Gasteiger partial charge in [-0.05, 0) is 50.5 Å². The van der Waals surface area contributed by atoms with E-state index in [2.05, 4.69) is 24.3 Å². The van der Waals surface area contributed by atoms with Gasteiger partial charge in [0.05, 0.1) is 5.69 Å². The van der Waals surface area contributed by atoms with Gasteiger partial charge in [-0.15, -0.1) is 0 Å². The quantitative estimate of drug-likeness (QED) is 0.606. The largest absolute Gasteiger partial charge is 0.494 e. The van der Waals surface area contributed by atoms with E-state index < -0.39 is 11.5 Å². The van der Waals surface area contributed by atoms with Gasteiger partial charge < -0.3 is 15.3 Å². The molecule has 4 rings (SSSR count). The van der Waals surface area contributed by atoms with Crippen LogP contribution in [-0.2, 0) is 11.3 Å². The Hall–Kier alpha value is -3.10. The summed E-state index contributed by atoms with van der Waals surface area (Å²) in [7, 11) is 0. The van der Waals surface area contributed by atoms with Crippen LogP contribution in [0.3, 0.4) is 0 Å². The molecule has 2 aliphatic rings. The number of hydrogen-bond donors (Lipinski definition) is 2. The van der Waals surface area contributed by atoms with Crippen molar-refractivity contribution in [3.05, 3.63) is 33.3 Å². The third-order valence-corrected chi connectivity index (χ3v) is 6.65. The van der Waals surface area contributed by atoms with Crippen LogP contribution in [0.25, 0.3) is 11.7 Å². The normalized spacial score (nSPS) is 18.7. The smallest absolute Gasteiger partial charge is 0.291 e. The van der Waals surface area contributed by atoms with Gasteiger partial charge in [-0.25, -0.2) is 0 Å². The molecule has 1 aliphatic heterocycles. The van der Waals surface area contributed by atoms with Gasteiger partial charge in [-0.3, -0.25) is 19.0 Å². The molecule has 9 heteroatoms. The fraction of sp³-hybridized carbons (Fsp3) is 0.600. The minimum absolute atomic E-state index is 0.0460. The summed E-state index contributed by atoms with van der Waals surface area (Å²) < 4.78 is 2.74. The molecule has 184 valence electrons. The summed E-state index contributed by atoms with van der Waals surface area (Å²) >= 11 is 0. The van der Waals surface area contributed by atoms with E-state index >= 15 is 0 Å². The fourth-order valence-corrected chi connectivity index (χ4v) is 4.79. The van der Waals surface area contributed by atoms with E-state index in [1.165, 1.54) is 10.6 Å². The van der Waals surface area contributed by atoms with Crippen LogP contribution in [0, 0.1) is 18.8 Å². The van der Waals surface area contributed by atoms with Crippen LogP contribution in [0.2, 0.25) is 0 Å². The minimum Gasteiger partial charge on any atom is -0.494 e. The molecular weight excluding hydrogens is 434 g/mol. The van der Waals surface area contributed by atoms with Crippen molar-refractivity contribution < 1.29 is 14.7 Å². The Labute approximate surface area is 199 Å². The van der Waals surface area contributed by atoms with Crippen molar-refractivity contribution in [1.29, 1.82) is 0 Å². The molecule has 0 radical (unpaired) electrons. The standard InChI is InChI=1S/C25H35N5O4/c1-14(2)13-29-23-18(10-11-20(31)28-12-6-7-19(28)15(3)4)16(5)27-30(23)25(34)21(24(29)33)22(32)26-17-8-9-17/h10-11,14-15,17,19,33H,6-9,12-13H2,1-5H3,(H,26,32). The number of nitrogens with one attached hydrogen (secondary N) is 1. The first-order chi connectivity index (χ1) is 16.1. The summed E-state index contributed by atoms with van der Waals surface area (Å²) in [6, 6.07) is 0.266. The van der Waals surface area contributed by atoms with E-state index in [9.17, 15) is 19.5 Å². The molecular formula is C25H35N5O4. The van der Waals surface area contributed by atoms with Gasteiger partial charge in [0.15, 0.2) is 5.56 Å². The first kappa shape index (κ1) is 24.0. The highest BCUT2D eigenvalue weighted by Crippen LogP contribution is 2.27. The molecule has 0 spiro atoms. The van der Waals surface area contributed by atoms with E-state index in [4.69, 9.17) is 0 Å². The van der Waals surface area contributed by atoms with Crippen molar-refractivity contribution in [2.45, 2.75) is 78.9 Å². The van der Waals surface area contributed by atoms with Gasteiger partial charge in [0.25, 0.3) is 11.5 Å². The van der Waals surface area contributed by atoms with E-state index in [1.54, 1.807) is 17.6 Å². The van der Waals surface area contributed by atoms with Crippen molar-refractivity contribution in [1.82, 2.24) is 24.4 Å². The van der Waals surface area contributed by atoms with Crippen molar-refractivity contribution in [3.63, 3.8) is 0 Å². The molecule has 9 nitrogen and oxygen atoms in total. The minimum atomic E-state index is -0.667. The Balaban J connectivity index is 1.79. The zero-order chi connectivity index (χ0) is 24.7. The number of aromatic nitrogens is 3. The summed E-state index contributed by atoms with van der Waals surface area (Å²) in [5, 5.41) is 18.2. The third kappa shape index (κ3) is 4.48. The number of amides is 2. The van der Waals surface area contributed by atoms with Gasteiger partial charge in [0.1, 0.15) is 5.65 Å². The lowest BCUT2D eigenvalue weighted by atomic mass is 10.0. The average Bonchev–Trinajstić information content (AvgIpc) is 3.31. The maximum Gasteiger partial charge on any atom is 0.291 e. The number of fused-ring (bicyclic) bond motifs is 1. The summed E-state index contributed by atoms with van der Waals surface area (Å²) in [6.45, 7) is 11.1. The Morgan fingerprint density at radius 2 is 1.91 bits per heavy atom. The SMILES string of the molecule is Cc1nn2c(=O)c(C(=O)NC3CC3)c(O)n(CC(C)C)c2c1C=CC(=O)N1CCCC1C(C)C. The van der Waals surface area contributed by atoms with Gasteiger partial charge in [0, 0.05) is 36.8 Å². The number of likely N-dealkylation sites (tertiary alicyclic amines) is 1. The zero-order valence-electron chi connectivity index (χ0n) is 20.7. The van der Waals surface area contributed by atoms with Crippen LogP contribution in [0.15, 0.2) is 10.9 Å². The fourth-order valence-electron chi connectivity index (χ4n) is 4.79. The summed E-state index contributed by atoms with van der Waals surface area (Å²) in [4.78, 5) is 40.9. The molecule has 1 unspecified atom stereocenters. The number of rotatable bonds is 7. The first-order valence-electron chi connectivity index (χ1n) is 12.2. The molecule has 3 heterocycles. The molecule has 2 amide bonds. The van der Waals surface area contributed by atoms with Crippen LogP contribution in [0.5, 0.6) is 5.88 Å². The Morgan fingerprint density at radius 1 is 1.21 bits per heavy atom. The lowest BCUT2D eigenvalue weighted by Crippen LogP contribution is -2.37. The van der Waals surface area contributed by atoms with Crippen molar-refractivity contribution >= 4 is 23.5 Å². The van der Waals surface area contributed by atoms with E-state index in [1.807, 2.05) is 18.7 Å². The number of carbonyl (C=O) groups is 2. The maximum absolute atomic E-state index is 13.2. The van der Waals surface area contributed by atoms with Gasteiger partial charge >= 0.3 is 0 Å². The number of aromatic hydroxyl groups is 1. The molecule has 2 aromatic rings. The number of carbonyl (C=O) groups excluding carboxylic acids is 2. The number of hydrogen-bond acceptors (Lipinski definition) is 5. The lowest BCUT2D eigenvalue weighted by molar-refractivity contribution is -0.127. The second-order valence-corrected chi connectivity index (χ2v) is 10.3. The van der Waals surface area contributed by atoms with Crippen LogP contribution < -0.4 is 10.9 Å². The van der Waals surface area contributed by atoms with Crippen molar-refractivity contribution in [2.75, 3.05) is 6.54 Å². The average molecular weight is 470 g/mol. The van der Waals surface area contributed by atoms with E-state index in [0.717, 1.165) is 32.2 Å². The molecule has 1 saturated carbocycles. The third-order valence-electron chi connectivity index (χ3n) is 6.65. The second kappa shape index (κ2) is 9.27. The number of nitrogens with zero attached hydrogens (tertiary/aromatic N) is 4. The van der Waals surface area contributed by atoms with Crippen LogP contribution in [0.4, 0.5) is 0 Å². The summed E-state index contributed by atoms with van der Waals surface area (Å²) in [5.41, 5.74) is 0.531. The molecule has 1 saturated heterocycles. The number of aryl methyl sites for hydroxylation is 1. The molecule has 1 atom stereocenters. The summed E-state index contributed by atoms with van der Waals surface area (Å²) in [5.74, 6) is -0.519. The van der Waals surface area contributed by atoms with Crippen molar-refractivity contribution in [3.8, 4) is 5.88 Å². The first-order valence-corrected chi connectivity index (χ1v) is 12.2. The highest BCUT2D eigenvalue weighted by Gasteiger charge is 2.31. The zero-order valence-corrected chi connectivity index (χ0v) is 20.7.